The zero-order valence-corrected chi connectivity index (χ0v) is 21.0. The van der Waals surface area contributed by atoms with E-state index in [4.69, 9.17) is 4.74 Å². The van der Waals surface area contributed by atoms with Gasteiger partial charge in [0, 0.05) is 50.7 Å². The van der Waals surface area contributed by atoms with Gasteiger partial charge in [0.05, 0.1) is 11.2 Å². The highest BCUT2D eigenvalue weighted by Crippen LogP contribution is 2.40. The van der Waals surface area contributed by atoms with Crippen molar-refractivity contribution in [2.45, 2.75) is 45.1 Å². The number of fused-ring (bicyclic) bond motifs is 1. The summed E-state index contributed by atoms with van der Waals surface area (Å²) < 4.78 is 6.18. The van der Waals surface area contributed by atoms with Gasteiger partial charge in [-0.25, -0.2) is 9.97 Å². The molecule has 2 saturated heterocycles. The van der Waals surface area contributed by atoms with Crippen molar-refractivity contribution in [3.8, 4) is 17.1 Å². The number of benzene rings is 1. The van der Waals surface area contributed by atoms with E-state index < -0.39 is 0 Å². The third-order valence-corrected chi connectivity index (χ3v) is 8.05. The molecule has 3 aliphatic rings. The van der Waals surface area contributed by atoms with Gasteiger partial charge in [-0.05, 0) is 69.8 Å². The zero-order valence-electron chi connectivity index (χ0n) is 21.0. The molecule has 1 saturated carbocycles. The van der Waals surface area contributed by atoms with Crippen LogP contribution in [0.4, 0.5) is 5.82 Å². The second kappa shape index (κ2) is 9.39. The van der Waals surface area contributed by atoms with Crippen LogP contribution in [0.2, 0.25) is 0 Å². The molecule has 0 radical (unpaired) electrons. The van der Waals surface area contributed by atoms with E-state index in [1.807, 2.05) is 12.1 Å². The van der Waals surface area contributed by atoms with Crippen molar-refractivity contribution in [2.75, 3.05) is 57.3 Å². The molecule has 3 fully saturated rings. The summed E-state index contributed by atoms with van der Waals surface area (Å²) in [5, 5.41) is 8.77. The van der Waals surface area contributed by atoms with Crippen molar-refractivity contribution in [1.29, 1.82) is 0 Å². The van der Waals surface area contributed by atoms with Crippen LogP contribution in [0.25, 0.3) is 22.3 Å². The molecule has 0 spiro atoms. The molecule has 2 aliphatic heterocycles. The van der Waals surface area contributed by atoms with Gasteiger partial charge in [-0.1, -0.05) is 6.92 Å². The number of rotatable bonds is 7. The van der Waals surface area contributed by atoms with Gasteiger partial charge in [0.25, 0.3) is 0 Å². The van der Waals surface area contributed by atoms with Gasteiger partial charge >= 0.3 is 0 Å². The number of aromatic amines is 1. The van der Waals surface area contributed by atoms with Gasteiger partial charge in [0.1, 0.15) is 29.2 Å². The molecular formula is C27H37N7O. The lowest BCUT2D eigenvalue weighted by Crippen LogP contribution is -2.49. The SMILES string of the molecule is CC1CCN(CCN2CCN(c3cc(-c4n[nH]c5ccc(OC6(C)CC6)cc45)ncn3)CC2)CC1. The van der Waals surface area contributed by atoms with Gasteiger partial charge in [0.2, 0.25) is 0 Å². The number of hydrogen-bond donors (Lipinski definition) is 1. The first-order valence-electron chi connectivity index (χ1n) is 13.2. The number of piperazine rings is 1. The van der Waals surface area contributed by atoms with Crippen molar-refractivity contribution < 1.29 is 4.74 Å². The molecule has 0 unspecified atom stereocenters. The highest BCUT2D eigenvalue weighted by Gasteiger charge is 2.40. The Morgan fingerprint density at radius 2 is 1.71 bits per heavy atom. The van der Waals surface area contributed by atoms with Crippen molar-refractivity contribution >= 4 is 16.7 Å². The first kappa shape index (κ1) is 22.7. The number of ether oxygens (including phenoxy) is 1. The second-order valence-electron chi connectivity index (χ2n) is 10.9. The van der Waals surface area contributed by atoms with E-state index in [1.54, 1.807) is 6.33 Å². The van der Waals surface area contributed by atoms with Crippen LogP contribution in [0.3, 0.4) is 0 Å². The predicted octanol–water partition coefficient (Wildman–Crippen LogP) is 3.81. The quantitative estimate of drug-likeness (QED) is 0.557. The summed E-state index contributed by atoms with van der Waals surface area (Å²) >= 11 is 0. The molecule has 0 amide bonds. The number of piperidine rings is 1. The molecule has 1 aromatic carbocycles. The van der Waals surface area contributed by atoms with Crippen LogP contribution in [-0.2, 0) is 0 Å². The first-order chi connectivity index (χ1) is 17.0. The maximum Gasteiger partial charge on any atom is 0.132 e. The number of nitrogens with one attached hydrogen (secondary N) is 1. The minimum Gasteiger partial charge on any atom is -0.488 e. The topological polar surface area (TPSA) is 73.4 Å². The predicted molar refractivity (Wildman–Crippen MR) is 139 cm³/mol. The Hall–Kier alpha value is -2.71. The summed E-state index contributed by atoms with van der Waals surface area (Å²) in [7, 11) is 0. The van der Waals surface area contributed by atoms with Crippen LogP contribution in [0, 0.1) is 5.92 Å². The minimum absolute atomic E-state index is 0.00579. The van der Waals surface area contributed by atoms with Crippen LogP contribution < -0.4 is 9.64 Å². The molecule has 1 N–H and O–H groups in total. The molecule has 4 heterocycles. The average molecular weight is 476 g/mol. The number of anilines is 1. The monoisotopic (exact) mass is 475 g/mol. The molecule has 186 valence electrons. The van der Waals surface area contributed by atoms with Crippen molar-refractivity contribution in [3.05, 3.63) is 30.6 Å². The lowest BCUT2D eigenvalue weighted by molar-refractivity contribution is 0.157. The number of hydrogen-bond acceptors (Lipinski definition) is 7. The van der Waals surface area contributed by atoms with E-state index in [9.17, 15) is 0 Å². The molecule has 8 heteroatoms. The fourth-order valence-corrected chi connectivity index (χ4v) is 5.23. The highest BCUT2D eigenvalue weighted by atomic mass is 16.5. The number of H-pyrrole nitrogens is 1. The molecule has 8 nitrogen and oxygen atoms in total. The summed E-state index contributed by atoms with van der Waals surface area (Å²) in [5.41, 5.74) is 2.68. The Balaban J connectivity index is 1.10. The number of likely N-dealkylation sites (tertiary alicyclic amines) is 1. The Morgan fingerprint density at radius 1 is 0.971 bits per heavy atom. The summed E-state index contributed by atoms with van der Waals surface area (Å²) in [6.07, 6.45) is 6.60. The largest absolute Gasteiger partial charge is 0.488 e. The third-order valence-electron chi connectivity index (χ3n) is 8.05. The van der Waals surface area contributed by atoms with Crippen LogP contribution in [0.15, 0.2) is 30.6 Å². The van der Waals surface area contributed by atoms with E-state index >= 15 is 0 Å². The lowest BCUT2D eigenvalue weighted by Gasteiger charge is -2.37. The molecule has 1 aliphatic carbocycles. The Morgan fingerprint density at radius 3 is 2.46 bits per heavy atom. The zero-order chi connectivity index (χ0) is 23.8. The van der Waals surface area contributed by atoms with E-state index in [-0.39, 0.29) is 5.60 Å². The van der Waals surface area contributed by atoms with E-state index in [0.29, 0.717) is 0 Å². The summed E-state index contributed by atoms with van der Waals surface area (Å²) in [4.78, 5) is 16.8. The van der Waals surface area contributed by atoms with Crippen LogP contribution in [-0.4, -0.2) is 87.9 Å². The minimum atomic E-state index is -0.00579. The van der Waals surface area contributed by atoms with Gasteiger partial charge in [-0.2, -0.15) is 5.10 Å². The molecule has 35 heavy (non-hydrogen) atoms. The van der Waals surface area contributed by atoms with Crippen LogP contribution in [0.5, 0.6) is 5.75 Å². The Kier molecular flexibility index (Phi) is 6.10. The second-order valence-corrected chi connectivity index (χ2v) is 10.9. The normalized spacial score (nSPS) is 21.5. The Labute approximate surface area is 207 Å². The summed E-state index contributed by atoms with van der Waals surface area (Å²) in [6, 6.07) is 8.22. The number of nitrogens with zero attached hydrogens (tertiary/aromatic N) is 6. The lowest BCUT2D eigenvalue weighted by atomic mass is 9.99. The number of aromatic nitrogens is 4. The van der Waals surface area contributed by atoms with Crippen molar-refractivity contribution in [1.82, 2.24) is 30.0 Å². The molecule has 6 rings (SSSR count). The summed E-state index contributed by atoms with van der Waals surface area (Å²) in [5.74, 6) is 2.77. The van der Waals surface area contributed by atoms with E-state index in [2.05, 4.69) is 60.8 Å². The summed E-state index contributed by atoms with van der Waals surface area (Å²) in [6.45, 7) is 13.6. The molecule has 0 bridgehead atoms. The van der Waals surface area contributed by atoms with E-state index in [0.717, 1.165) is 78.8 Å². The van der Waals surface area contributed by atoms with Crippen molar-refractivity contribution in [2.24, 2.45) is 5.92 Å². The van der Waals surface area contributed by atoms with Gasteiger partial charge in [-0.15, -0.1) is 0 Å². The van der Waals surface area contributed by atoms with Crippen LogP contribution >= 0.6 is 0 Å². The average Bonchev–Trinajstić information content (AvgIpc) is 3.46. The maximum absolute atomic E-state index is 6.18. The van der Waals surface area contributed by atoms with Crippen molar-refractivity contribution in [3.63, 3.8) is 0 Å². The first-order valence-corrected chi connectivity index (χ1v) is 13.2. The molecular weight excluding hydrogens is 438 g/mol. The van der Waals surface area contributed by atoms with E-state index in [1.165, 1.54) is 39.0 Å². The van der Waals surface area contributed by atoms with Gasteiger partial charge in [-0.3, -0.25) is 10.00 Å². The molecule has 3 aromatic rings. The fraction of sp³-hybridized carbons (Fsp3) is 0.593. The van der Waals surface area contributed by atoms with Gasteiger partial charge < -0.3 is 14.5 Å². The standard InChI is InChI=1S/C27H37N7O/c1-20-5-9-32(10-6-20)11-12-33-13-15-34(16-14-33)25-18-24(28-19-29-25)26-22-17-21(35-27(2)7-8-27)3-4-23(22)30-31-26/h3-4,17-20H,5-16H2,1-2H3,(H,30,31). The fourth-order valence-electron chi connectivity index (χ4n) is 5.23. The maximum atomic E-state index is 6.18. The Bertz CT molecular complexity index is 1160. The molecule has 2 aromatic heterocycles. The van der Waals surface area contributed by atoms with Gasteiger partial charge in [0.15, 0.2) is 0 Å². The van der Waals surface area contributed by atoms with Crippen LogP contribution in [0.1, 0.15) is 39.5 Å². The highest BCUT2D eigenvalue weighted by molar-refractivity contribution is 5.93. The molecule has 0 atom stereocenters. The third kappa shape index (κ3) is 5.14. The smallest absolute Gasteiger partial charge is 0.132 e.